The van der Waals surface area contributed by atoms with E-state index in [9.17, 15) is 9.59 Å². The third kappa shape index (κ3) is 4.66. The minimum absolute atomic E-state index is 0.269. The largest absolute Gasteiger partial charge is 0.349 e. The van der Waals surface area contributed by atoms with E-state index < -0.39 is 0 Å². The molecule has 0 saturated heterocycles. The van der Waals surface area contributed by atoms with Crippen LogP contribution in [0.25, 0.3) is 0 Å². The van der Waals surface area contributed by atoms with Crippen molar-refractivity contribution in [3.8, 4) is 0 Å². The van der Waals surface area contributed by atoms with E-state index in [1.165, 1.54) is 6.33 Å². The second kappa shape index (κ2) is 8.57. The number of nitrogens with zero attached hydrogens (tertiary/aromatic N) is 3. The average molecular weight is 361 g/mol. The van der Waals surface area contributed by atoms with Crippen LogP contribution in [-0.2, 0) is 6.54 Å². The number of nitrogens with one attached hydrogen (secondary N) is 2. The van der Waals surface area contributed by atoms with Gasteiger partial charge >= 0.3 is 0 Å². The van der Waals surface area contributed by atoms with E-state index >= 15 is 0 Å². The lowest BCUT2D eigenvalue weighted by molar-refractivity contribution is 0.0959. The highest BCUT2D eigenvalue weighted by Crippen LogP contribution is 2.16. The van der Waals surface area contributed by atoms with Crippen LogP contribution < -0.4 is 10.6 Å². The predicted octanol–water partition coefficient (Wildman–Crippen LogP) is 2.49. The summed E-state index contributed by atoms with van der Waals surface area (Å²) in [5.41, 5.74) is 2.35. The van der Waals surface area contributed by atoms with Crippen molar-refractivity contribution < 1.29 is 9.59 Å². The van der Waals surface area contributed by atoms with Crippen LogP contribution in [0.1, 0.15) is 26.3 Å². The molecule has 0 aliphatic heterocycles. The number of rotatable bonds is 7. The number of hydrogen-bond acceptors (Lipinski definition) is 4. The summed E-state index contributed by atoms with van der Waals surface area (Å²) >= 11 is 0. The molecule has 0 spiro atoms. The molecule has 0 saturated carbocycles. The van der Waals surface area contributed by atoms with Crippen molar-refractivity contribution in [1.29, 1.82) is 0 Å². The first-order valence-electron chi connectivity index (χ1n) is 8.38. The Kier molecular flexibility index (Phi) is 5.73. The predicted molar refractivity (Wildman–Crippen MR) is 102 cm³/mol. The number of hydrogen-bond donors (Lipinski definition) is 2. The minimum atomic E-state index is -0.286. The summed E-state index contributed by atoms with van der Waals surface area (Å²) in [7, 11) is 0. The van der Waals surface area contributed by atoms with E-state index in [4.69, 9.17) is 0 Å². The molecule has 3 aromatic rings. The van der Waals surface area contributed by atoms with Crippen molar-refractivity contribution in [2.75, 3.05) is 11.9 Å². The smallest absolute Gasteiger partial charge is 0.255 e. The van der Waals surface area contributed by atoms with Crippen molar-refractivity contribution in [3.63, 3.8) is 0 Å². The Balaban J connectivity index is 1.70. The fraction of sp³-hybridized carbons (Fsp3) is 0.100. The summed E-state index contributed by atoms with van der Waals surface area (Å²) < 4.78 is 1.70. The molecule has 7 nitrogen and oxygen atoms in total. The molecule has 0 atom stereocenters. The van der Waals surface area contributed by atoms with Crippen molar-refractivity contribution in [2.45, 2.75) is 6.54 Å². The third-order valence-electron chi connectivity index (χ3n) is 3.85. The molecule has 0 bridgehead atoms. The lowest BCUT2D eigenvalue weighted by Crippen LogP contribution is -2.25. The number of anilines is 1. The highest BCUT2D eigenvalue weighted by molar-refractivity contribution is 6.09. The first kappa shape index (κ1) is 18.1. The van der Waals surface area contributed by atoms with Crippen LogP contribution in [0.3, 0.4) is 0 Å². The van der Waals surface area contributed by atoms with Crippen LogP contribution in [-0.4, -0.2) is 33.1 Å². The monoisotopic (exact) mass is 361 g/mol. The molecular weight excluding hydrogens is 342 g/mol. The molecule has 3 rings (SSSR count). The molecule has 0 aliphatic carbocycles. The Morgan fingerprint density at radius 3 is 2.56 bits per heavy atom. The van der Waals surface area contributed by atoms with Crippen molar-refractivity contribution >= 4 is 17.5 Å². The molecule has 1 aromatic heterocycles. The van der Waals surface area contributed by atoms with Gasteiger partial charge in [0.15, 0.2) is 0 Å². The molecule has 27 heavy (non-hydrogen) atoms. The van der Waals surface area contributed by atoms with Crippen LogP contribution >= 0.6 is 0 Å². The molecule has 0 aliphatic rings. The van der Waals surface area contributed by atoms with Gasteiger partial charge in [0.05, 0.1) is 17.8 Å². The molecule has 7 heteroatoms. The summed E-state index contributed by atoms with van der Waals surface area (Å²) in [5.74, 6) is -0.555. The molecule has 0 radical (unpaired) electrons. The van der Waals surface area contributed by atoms with E-state index in [1.807, 2.05) is 12.1 Å². The number of benzene rings is 2. The van der Waals surface area contributed by atoms with Gasteiger partial charge in [-0.15, -0.1) is 6.58 Å². The second-order valence-electron chi connectivity index (χ2n) is 5.79. The van der Waals surface area contributed by atoms with Crippen LogP contribution in [0.2, 0.25) is 0 Å². The Morgan fingerprint density at radius 1 is 1.07 bits per heavy atom. The first-order valence-corrected chi connectivity index (χ1v) is 8.38. The van der Waals surface area contributed by atoms with Crippen LogP contribution in [0.4, 0.5) is 5.69 Å². The minimum Gasteiger partial charge on any atom is -0.349 e. The zero-order valence-corrected chi connectivity index (χ0v) is 14.6. The summed E-state index contributed by atoms with van der Waals surface area (Å²) in [6.07, 6.45) is 4.71. The average Bonchev–Trinajstić information content (AvgIpc) is 3.20. The molecule has 0 fully saturated rings. The Labute approximate surface area is 156 Å². The third-order valence-corrected chi connectivity index (χ3v) is 3.85. The summed E-state index contributed by atoms with van der Waals surface area (Å²) in [4.78, 5) is 28.7. The standard InChI is InChI=1S/C20H19N5O2/c1-2-11-22-20(27)17-5-3-4-6-18(17)24-19(26)16-9-7-15(8-10-16)12-25-14-21-13-23-25/h2-10,13-14H,1,11-12H2,(H,22,27)(H,24,26). The Morgan fingerprint density at radius 2 is 1.85 bits per heavy atom. The highest BCUT2D eigenvalue weighted by Gasteiger charge is 2.13. The summed E-state index contributed by atoms with van der Waals surface area (Å²) in [6, 6.07) is 14.1. The van der Waals surface area contributed by atoms with Crippen molar-refractivity contribution in [3.05, 3.63) is 90.5 Å². The van der Waals surface area contributed by atoms with Gasteiger partial charge in [0.1, 0.15) is 12.7 Å². The molecule has 136 valence electrons. The van der Waals surface area contributed by atoms with E-state index in [1.54, 1.807) is 53.5 Å². The van der Waals surface area contributed by atoms with Crippen LogP contribution in [0.5, 0.6) is 0 Å². The summed E-state index contributed by atoms with van der Waals surface area (Å²) in [6.45, 7) is 4.51. The van der Waals surface area contributed by atoms with Gasteiger partial charge in [-0.25, -0.2) is 9.67 Å². The molecule has 2 amide bonds. The van der Waals surface area contributed by atoms with Crippen molar-refractivity contribution in [2.24, 2.45) is 0 Å². The number of aromatic nitrogens is 3. The van der Waals surface area contributed by atoms with E-state index in [-0.39, 0.29) is 11.8 Å². The normalized spacial score (nSPS) is 10.2. The summed E-state index contributed by atoms with van der Waals surface area (Å²) in [5, 5.41) is 9.56. The highest BCUT2D eigenvalue weighted by atomic mass is 16.2. The van der Waals surface area contributed by atoms with E-state index in [2.05, 4.69) is 27.3 Å². The maximum absolute atomic E-state index is 12.5. The van der Waals surface area contributed by atoms with Gasteiger partial charge in [-0.3, -0.25) is 9.59 Å². The first-order chi connectivity index (χ1) is 13.2. The number of para-hydroxylation sites is 1. The number of carbonyl (C=O) groups is 2. The molecule has 2 aromatic carbocycles. The maximum Gasteiger partial charge on any atom is 0.255 e. The van der Waals surface area contributed by atoms with E-state index in [0.717, 1.165) is 5.56 Å². The van der Waals surface area contributed by atoms with Gasteiger partial charge in [-0.1, -0.05) is 30.3 Å². The zero-order valence-electron chi connectivity index (χ0n) is 14.6. The number of amides is 2. The molecule has 1 heterocycles. The SMILES string of the molecule is C=CCNC(=O)c1ccccc1NC(=O)c1ccc(Cn2cncn2)cc1. The fourth-order valence-corrected chi connectivity index (χ4v) is 2.51. The maximum atomic E-state index is 12.5. The topological polar surface area (TPSA) is 88.9 Å². The second-order valence-corrected chi connectivity index (χ2v) is 5.79. The van der Waals surface area contributed by atoms with Gasteiger partial charge in [0.2, 0.25) is 0 Å². The number of carbonyl (C=O) groups excluding carboxylic acids is 2. The van der Waals surface area contributed by atoms with Gasteiger partial charge in [0.25, 0.3) is 11.8 Å². The van der Waals surface area contributed by atoms with E-state index in [0.29, 0.717) is 29.9 Å². The van der Waals surface area contributed by atoms with Crippen LogP contribution in [0.15, 0.2) is 73.8 Å². The zero-order chi connectivity index (χ0) is 19.1. The Bertz CT molecular complexity index is 933. The van der Waals surface area contributed by atoms with Gasteiger partial charge < -0.3 is 10.6 Å². The lowest BCUT2D eigenvalue weighted by Gasteiger charge is -2.11. The van der Waals surface area contributed by atoms with Gasteiger partial charge in [-0.2, -0.15) is 5.10 Å². The van der Waals surface area contributed by atoms with Crippen LogP contribution in [0, 0.1) is 0 Å². The molecular formula is C20H19N5O2. The lowest BCUT2D eigenvalue weighted by atomic mass is 10.1. The molecule has 2 N–H and O–H groups in total. The van der Waals surface area contributed by atoms with Crippen molar-refractivity contribution in [1.82, 2.24) is 20.1 Å². The quantitative estimate of drug-likeness (QED) is 0.633. The van der Waals surface area contributed by atoms with Gasteiger partial charge in [0, 0.05) is 12.1 Å². The molecule has 0 unspecified atom stereocenters. The van der Waals surface area contributed by atoms with Gasteiger partial charge in [-0.05, 0) is 29.8 Å². The fourth-order valence-electron chi connectivity index (χ4n) is 2.51. The Hall–Kier alpha value is -3.74.